The Balaban J connectivity index is 1.29. The highest BCUT2D eigenvalue weighted by molar-refractivity contribution is 6.02. The maximum atomic E-state index is 14.1. The van der Waals surface area contributed by atoms with Crippen LogP contribution in [0.25, 0.3) is 11.1 Å². The van der Waals surface area contributed by atoms with E-state index in [-0.39, 0.29) is 17.7 Å². The zero-order valence-corrected chi connectivity index (χ0v) is 17.1. The molecule has 2 heterocycles. The van der Waals surface area contributed by atoms with Crippen LogP contribution in [0.3, 0.4) is 0 Å². The first-order valence-electron chi connectivity index (χ1n) is 10.8. The molecule has 5 rings (SSSR count). The average molecular weight is 419 g/mol. The van der Waals surface area contributed by atoms with Crippen molar-refractivity contribution in [3.05, 3.63) is 77.6 Å². The molecule has 0 N–H and O–H groups in total. The summed E-state index contributed by atoms with van der Waals surface area (Å²) in [4.78, 5) is 13.3. The maximum Gasteiger partial charge on any atom is 0.316 e. The van der Waals surface area contributed by atoms with E-state index in [2.05, 4.69) is 15.0 Å². The molecule has 1 aliphatic carbocycles. The van der Waals surface area contributed by atoms with E-state index in [1.807, 2.05) is 24.3 Å². The molecule has 1 aliphatic heterocycles. The fourth-order valence-electron chi connectivity index (χ4n) is 4.37. The van der Waals surface area contributed by atoms with Crippen molar-refractivity contribution in [2.24, 2.45) is 4.99 Å². The summed E-state index contributed by atoms with van der Waals surface area (Å²) in [7, 11) is 0. The largest absolute Gasteiger partial charge is 0.460 e. The standard InChI is InChI=1S/C25H23F2N3O/c26-20-6-3-7-21(27)24(20)23-13-12-22(30-23)17-10-8-16(9-11-17)18-14-28-25(29-15-18)31-19-4-1-2-5-19/h3,6-11,14-15,19,22H,1-2,4-5,12-13H2. The number of halogens is 2. The molecule has 1 unspecified atom stereocenters. The summed E-state index contributed by atoms with van der Waals surface area (Å²) in [5.74, 6) is -1.12. The van der Waals surface area contributed by atoms with Crippen molar-refractivity contribution in [1.29, 1.82) is 0 Å². The van der Waals surface area contributed by atoms with Crippen LogP contribution < -0.4 is 4.74 Å². The molecule has 1 saturated carbocycles. The van der Waals surface area contributed by atoms with E-state index in [0.29, 0.717) is 18.1 Å². The lowest BCUT2D eigenvalue weighted by Gasteiger charge is -2.11. The molecule has 158 valence electrons. The second-order valence-electron chi connectivity index (χ2n) is 8.13. The van der Waals surface area contributed by atoms with Gasteiger partial charge in [-0.2, -0.15) is 0 Å². The first-order valence-corrected chi connectivity index (χ1v) is 10.8. The van der Waals surface area contributed by atoms with E-state index >= 15 is 0 Å². The lowest BCUT2D eigenvalue weighted by molar-refractivity contribution is 0.192. The molecular formula is C25H23F2N3O. The Kier molecular flexibility index (Phi) is 5.45. The van der Waals surface area contributed by atoms with Crippen molar-refractivity contribution in [2.45, 2.75) is 50.7 Å². The van der Waals surface area contributed by atoms with E-state index < -0.39 is 11.6 Å². The van der Waals surface area contributed by atoms with Gasteiger partial charge in [-0.05, 0) is 61.8 Å². The summed E-state index contributed by atoms with van der Waals surface area (Å²) in [6, 6.07) is 12.3. The molecule has 3 aromatic rings. The quantitative estimate of drug-likeness (QED) is 0.504. The lowest BCUT2D eigenvalue weighted by Crippen LogP contribution is -2.12. The van der Waals surface area contributed by atoms with Crippen LogP contribution >= 0.6 is 0 Å². The average Bonchev–Trinajstić information content (AvgIpc) is 3.47. The minimum Gasteiger partial charge on any atom is -0.460 e. The van der Waals surface area contributed by atoms with Gasteiger partial charge in [0.1, 0.15) is 17.7 Å². The van der Waals surface area contributed by atoms with E-state index in [1.165, 1.54) is 31.0 Å². The molecule has 0 radical (unpaired) electrons. The van der Waals surface area contributed by atoms with Crippen molar-refractivity contribution < 1.29 is 13.5 Å². The molecule has 2 aliphatic rings. The van der Waals surface area contributed by atoms with Gasteiger partial charge in [0.15, 0.2) is 0 Å². The highest BCUT2D eigenvalue weighted by Crippen LogP contribution is 2.33. The molecule has 0 spiro atoms. The second-order valence-corrected chi connectivity index (χ2v) is 8.13. The van der Waals surface area contributed by atoms with Crippen LogP contribution in [0.4, 0.5) is 8.78 Å². The Labute approximate surface area is 180 Å². The van der Waals surface area contributed by atoms with E-state index in [1.54, 1.807) is 12.4 Å². The summed E-state index contributed by atoms with van der Waals surface area (Å²) in [6.07, 6.45) is 9.63. The summed E-state index contributed by atoms with van der Waals surface area (Å²) in [5.41, 5.74) is 3.43. The van der Waals surface area contributed by atoms with Gasteiger partial charge >= 0.3 is 6.01 Å². The number of aromatic nitrogens is 2. The maximum absolute atomic E-state index is 14.1. The first kappa shape index (κ1) is 19.8. The summed E-state index contributed by atoms with van der Waals surface area (Å²) in [6.45, 7) is 0. The molecular weight excluding hydrogens is 396 g/mol. The SMILES string of the molecule is Fc1cccc(F)c1C1=NC(c2ccc(-c3cnc(OC4CCCC4)nc3)cc2)CC1. The normalized spacial score (nSPS) is 18.9. The van der Waals surface area contributed by atoms with Crippen LogP contribution in [0.1, 0.15) is 55.7 Å². The number of nitrogens with zero attached hydrogens (tertiary/aromatic N) is 3. The van der Waals surface area contributed by atoms with E-state index in [4.69, 9.17) is 4.74 Å². The van der Waals surface area contributed by atoms with Crippen LogP contribution in [0, 0.1) is 11.6 Å². The Hall–Kier alpha value is -3.15. The molecule has 6 heteroatoms. The summed E-state index contributed by atoms with van der Waals surface area (Å²) in [5, 5.41) is 0. The molecule has 2 aromatic carbocycles. The highest BCUT2D eigenvalue weighted by atomic mass is 19.1. The molecule has 1 fully saturated rings. The van der Waals surface area contributed by atoms with Gasteiger partial charge in [-0.3, -0.25) is 4.99 Å². The fourth-order valence-corrected chi connectivity index (χ4v) is 4.37. The Bertz CT molecular complexity index is 1070. The third kappa shape index (κ3) is 4.20. The molecule has 4 nitrogen and oxygen atoms in total. The second kappa shape index (κ2) is 8.53. The van der Waals surface area contributed by atoms with Gasteiger partial charge in [-0.15, -0.1) is 0 Å². The smallest absolute Gasteiger partial charge is 0.316 e. The topological polar surface area (TPSA) is 47.4 Å². The molecule has 0 amide bonds. The molecule has 31 heavy (non-hydrogen) atoms. The predicted octanol–water partition coefficient (Wildman–Crippen LogP) is 6.07. The van der Waals surface area contributed by atoms with Crippen LogP contribution in [0.5, 0.6) is 6.01 Å². The number of hydrogen-bond donors (Lipinski definition) is 0. The molecule has 0 bridgehead atoms. The third-order valence-corrected chi connectivity index (χ3v) is 6.05. The molecule has 1 atom stereocenters. The predicted molar refractivity (Wildman–Crippen MR) is 115 cm³/mol. The number of ether oxygens (including phenoxy) is 1. The van der Waals surface area contributed by atoms with Crippen molar-refractivity contribution >= 4 is 5.71 Å². The number of aliphatic imine (C=N–C) groups is 1. The van der Waals surface area contributed by atoms with Gasteiger partial charge in [0.05, 0.1) is 11.6 Å². The monoisotopic (exact) mass is 419 g/mol. The Morgan fingerprint density at radius 3 is 2.16 bits per heavy atom. The fraction of sp³-hybridized carbons (Fsp3) is 0.320. The third-order valence-electron chi connectivity index (χ3n) is 6.05. The van der Waals surface area contributed by atoms with Crippen LogP contribution in [-0.2, 0) is 0 Å². The highest BCUT2D eigenvalue weighted by Gasteiger charge is 2.24. The van der Waals surface area contributed by atoms with E-state index in [9.17, 15) is 8.78 Å². The van der Waals surface area contributed by atoms with Crippen LogP contribution in [0.15, 0.2) is 59.9 Å². The van der Waals surface area contributed by atoms with Gasteiger partial charge in [-0.25, -0.2) is 18.7 Å². The van der Waals surface area contributed by atoms with Gasteiger partial charge in [0.2, 0.25) is 0 Å². The van der Waals surface area contributed by atoms with Gasteiger partial charge in [0.25, 0.3) is 0 Å². The number of hydrogen-bond acceptors (Lipinski definition) is 4. The van der Waals surface area contributed by atoms with Gasteiger partial charge < -0.3 is 4.74 Å². The Morgan fingerprint density at radius 1 is 0.806 bits per heavy atom. The van der Waals surface area contributed by atoms with E-state index in [0.717, 1.165) is 36.0 Å². The number of benzene rings is 2. The molecule has 0 saturated heterocycles. The summed E-state index contributed by atoms with van der Waals surface area (Å²) >= 11 is 0. The van der Waals surface area contributed by atoms with Crippen LogP contribution in [0.2, 0.25) is 0 Å². The van der Waals surface area contributed by atoms with Crippen LogP contribution in [-0.4, -0.2) is 21.8 Å². The van der Waals surface area contributed by atoms with Crippen molar-refractivity contribution in [3.63, 3.8) is 0 Å². The minimum atomic E-state index is -0.560. The van der Waals surface area contributed by atoms with Crippen molar-refractivity contribution in [2.75, 3.05) is 0 Å². The van der Waals surface area contributed by atoms with Crippen molar-refractivity contribution in [1.82, 2.24) is 9.97 Å². The van der Waals surface area contributed by atoms with Gasteiger partial charge in [0, 0.05) is 23.7 Å². The number of rotatable bonds is 5. The zero-order chi connectivity index (χ0) is 21.2. The summed E-state index contributed by atoms with van der Waals surface area (Å²) < 4.78 is 34.0. The minimum absolute atomic E-state index is 0.00122. The first-order chi connectivity index (χ1) is 15.2. The zero-order valence-electron chi connectivity index (χ0n) is 17.1. The molecule has 1 aromatic heterocycles. The van der Waals surface area contributed by atoms with Gasteiger partial charge in [-0.1, -0.05) is 30.3 Å². The lowest BCUT2D eigenvalue weighted by atomic mass is 10.0. The Morgan fingerprint density at radius 2 is 1.48 bits per heavy atom. The van der Waals surface area contributed by atoms with Crippen molar-refractivity contribution in [3.8, 4) is 17.1 Å².